The molecular formula is C20H25N3O4S. The van der Waals surface area contributed by atoms with Crippen molar-refractivity contribution in [2.75, 3.05) is 50.3 Å². The number of anilines is 1. The normalized spacial score (nSPS) is 15.3. The molecule has 1 heterocycles. The van der Waals surface area contributed by atoms with Crippen LogP contribution in [-0.4, -0.2) is 70.2 Å². The number of nitrogens with zero attached hydrogens (tertiary/aromatic N) is 3. The first kappa shape index (κ1) is 20.2. The van der Waals surface area contributed by atoms with Gasteiger partial charge in [0.25, 0.3) is 0 Å². The van der Waals surface area contributed by atoms with Gasteiger partial charge in [-0.2, -0.15) is 0 Å². The maximum atomic E-state index is 12.6. The summed E-state index contributed by atoms with van der Waals surface area (Å²) in [5, 5.41) is 0. The molecule has 0 unspecified atom stereocenters. The SMILES string of the molecule is CN1CCN(C(=O)CN(c2ccc(Oc3ccccc3)cc2)S(C)(=O)=O)CC1. The average molecular weight is 404 g/mol. The van der Waals surface area contributed by atoms with Gasteiger partial charge in [-0.3, -0.25) is 9.10 Å². The van der Waals surface area contributed by atoms with Crippen LogP contribution in [0.25, 0.3) is 0 Å². The highest BCUT2D eigenvalue weighted by molar-refractivity contribution is 7.92. The molecule has 0 aromatic heterocycles. The molecule has 3 rings (SSSR count). The molecule has 0 spiro atoms. The van der Waals surface area contributed by atoms with E-state index in [2.05, 4.69) is 4.90 Å². The Balaban J connectivity index is 1.72. The molecule has 1 aliphatic heterocycles. The second-order valence-electron chi connectivity index (χ2n) is 6.86. The van der Waals surface area contributed by atoms with Gasteiger partial charge in [-0.25, -0.2) is 8.42 Å². The van der Waals surface area contributed by atoms with Gasteiger partial charge in [0.05, 0.1) is 11.9 Å². The summed E-state index contributed by atoms with van der Waals surface area (Å²) in [5.74, 6) is 1.09. The number of hydrogen-bond donors (Lipinski definition) is 0. The standard InChI is InChI=1S/C20H25N3O4S/c1-21-12-14-22(15-13-21)20(24)16-23(28(2,25)26)17-8-10-19(11-9-17)27-18-6-4-3-5-7-18/h3-11H,12-16H2,1-2H3. The van der Waals surface area contributed by atoms with Crippen LogP contribution in [0.15, 0.2) is 54.6 Å². The Hall–Kier alpha value is -2.58. The van der Waals surface area contributed by atoms with Crippen molar-refractivity contribution in [1.82, 2.24) is 9.80 Å². The number of carbonyl (C=O) groups is 1. The Labute approximate surface area is 166 Å². The molecule has 2 aromatic rings. The number of hydrogen-bond acceptors (Lipinski definition) is 5. The maximum absolute atomic E-state index is 12.6. The minimum absolute atomic E-state index is 0.192. The van der Waals surface area contributed by atoms with Crippen LogP contribution >= 0.6 is 0 Å². The van der Waals surface area contributed by atoms with Gasteiger partial charge in [-0.15, -0.1) is 0 Å². The predicted octanol–water partition coefficient (Wildman–Crippen LogP) is 2.02. The van der Waals surface area contributed by atoms with Crippen molar-refractivity contribution < 1.29 is 17.9 Å². The third-order valence-electron chi connectivity index (χ3n) is 4.64. The van der Waals surface area contributed by atoms with E-state index in [1.165, 1.54) is 0 Å². The van der Waals surface area contributed by atoms with E-state index >= 15 is 0 Å². The molecule has 1 fully saturated rings. The molecule has 0 saturated carbocycles. The van der Waals surface area contributed by atoms with Gasteiger partial charge in [0, 0.05) is 26.2 Å². The average Bonchev–Trinajstić information content (AvgIpc) is 2.67. The van der Waals surface area contributed by atoms with Crippen LogP contribution in [0.1, 0.15) is 0 Å². The quantitative estimate of drug-likeness (QED) is 0.738. The minimum Gasteiger partial charge on any atom is -0.457 e. The van der Waals surface area contributed by atoms with E-state index in [0.717, 1.165) is 23.7 Å². The van der Waals surface area contributed by atoms with Crippen molar-refractivity contribution in [3.05, 3.63) is 54.6 Å². The highest BCUT2D eigenvalue weighted by atomic mass is 32.2. The molecule has 0 radical (unpaired) electrons. The first-order valence-corrected chi connectivity index (χ1v) is 10.9. The van der Waals surface area contributed by atoms with Crippen molar-refractivity contribution in [3.63, 3.8) is 0 Å². The van der Waals surface area contributed by atoms with E-state index in [-0.39, 0.29) is 12.5 Å². The number of ether oxygens (including phenoxy) is 1. The lowest BCUT2D eigenvalue weighted by Gasteiger charge is -2.34. The Morgan fingerprint density at radius 2 is 1.54 bits per heavy atom. The van der Waals surface area contributed by atoms with E-state index < -0.39 is 10.0 Å². The summed E-state index contributed by atoms with van der Waals surface area (Å²) in [5.41, 5.74) is 0.436. The fourth-order valence-electron chi connectivity index (χ4n) is 2.98. The number of carbonyl (C=O) groups excluding carboxylic acids is 1. The minimum atomic E-state index is -3.60. The van der Waals surface area contributed by atoms with Gasteiger partial charge in [-0.1, -0.05) is 18.2 Å². The summed E-state index contributed by atoms with van der Waals surface area (Å²) in [6.45, 7) is 2.58. The molecule has 0 atom stereocenters. The Bertz CT molecular complexity index is 893. The van der Waals surface area contributed by atoms with E-state index in [9.17, 15) is 13.2 Å². The van der Waals surface area contributed by atoms with Crippen molar-refractivity contribution in [1.29, 1.82) is 0 Å². The molecule has 1 amide bonds. The summed E-state index contributed by atoms with van der Waals surface area (Å²) >= 11 is 0. The monoisotopic (exact) mass is 403 g/mol. The van der Waals surface area contributed by atoms with Gasteiger partial charge in [0.1, 0.15) is 18.0 Å². The molecule has 0 N–H and O–H groups in total. The van der Waals surface area contributed by atoms with Gasteiger partial charge in [0.15, 0.2) is 0 Å². The van der Waals surface area contributed by atoms with E-state index in [1.807, 2.05) is 37.4 Å². The summed E-state index contributed by atoms with van der Waals surface area (Å²) in [4.78, 5) is 16.5. The molecule has 0 bridgehead atoms. The number of benzene rings is 2. The van der Waals surface area contributed by atoms with Crippen molar-refractivity contribution >= 4 is 21.6 Å². The van der Waals surface area contributed by atoms with Crippen molar-refractivity contribution in [2.24, 2.45) is 0 Å². The first-order chi connectivity index (χ1) is 13.3. The number of para-hydroxylation sites is 1. The third-order valence-corrected chi connectivity index (χ3v) is 5.78. The Morgan fingerprint density at radius 3 is 2.11 bits per heavy atom. The second kappa shape index (κ2) is 8.62. The van der Waals surface area contributed by atoms with Crippen LogP contribution in [0.3, 0.4) is 0 Å². The van der Waals surface area contributed by atoms with Crippen LogP contribution in [-0.2, 0) is 14.8 Å². The van der Waals surface area contributed by atoms with E-state index in [1.54, 1.807) is 29.2 Å². The molecule has 2 aromatic carbocycles. The van der Waals surface area contributed by atoms with Gasteiger partial charge < -0.3 is 14.5 Å². The molecule has 28 heavy (non-hydrogen) atoms. The lowest BCUT2D eigenvalue weighted by molar-refractivity contribution is -0.131. The summed E-state index contributed by atoms with van der Waals surface area (Å²) in [7, 11) is -1.60. The zero-order valence-electron chi connectivity index (χ0n) is 16.1. The number of likely N-dealkylation sites (N-methyl/N-ethyl adjacent to an activating group) is 1. The van der Waals surface area contributed by atoms with Crippen LogP contribution in [0.5, 0.6) is 11.5 Å². The third kappa shape index (κ3) is 5.24. The van der Waals surface area contributed by atoms with E-state index in [4.69, 9.17) is 4.74 Å². The van der Waals surface area contributed by atoms with E-state index in [0.29, 0.717) is 30.3 Å². The predicted molar refractivity (Wildman–Crippen MR) is 109 cm³/mol. The van der Waals surface area contributed by atoms with Gasteiger partial charge in [-0.05, 0) is 43.4 Å². The van der Waals surface area contributed by atoms with Gasteiger partial charge in [0.2, 0.25) is 15.9 Å². The summed E-state index contributed by atoms with van der Waals surface area (Å²) < 4.78 is 31.5. The smallest absolute Gasteiger partial charge is 0.243 e. The summed E-state index contributed by atoms with van der Waals surface area (Å²) in [6.07, 6.45) is 1.11. The van der Waals surface area contributed by atoms with Crippen LogP contribution in [0.4, 0.5) is 5.69 Å². The lowest BCUT2D eigenvalue weighted by atomic mass is 10.3. The highest BCUT2D eigenvalue weighted by Gasteiger charge is 2.25. The summed E-state index contributed by atoms with van der Waals surface area (Å²) in [6, 6.07) is 16.0. The van der Waals surface area contributed by atoms with Crippen molar-refractivity contribution in [3.8, 4) is 11.5 Å². The molecule has 150 valence electrons. The molecular weight excluding hydrogens is 378 g/mol. The molecule has 1 aliphatic rings. The molecule has 1 saturated heterocycles. The fraction of sp³-hybridized carbons (Fsp3) is 0.350. The van der Waals surface area contributed by atoms with Gasteiger partial charge >= 0.3 is 0 Å². The Morgan fingerprint density at radius 1 is 0.964 bits per heavy atom. The topological polar surface area (TPSA) is 70.2 Å². The Kier molecular flexibility index (Phi) is 6.21. The second-order valence-corrected chi connectivity index (χ2v) is 8.77. The van der Waals surface area contributed by atoms with Crippen LogP contribution < -0.4 is 9.04 Å². The number of sulfonamides is 1. The zero-order chi connectivity index (χ0) is 20.1. The lowest BCUT2D eigenvalue weighted by Crippen LogP contribution is -2.50. The largest absolute Gasteiger partial charge is 0.457 e. The molecule has 7 nitrogen and oxygen atoms in total. The van der Waals surface area contributed by atoms with Crippen LogP contribution in [0.2, 0.25) is 0 Å². The molecule has 0 aliphatic carbocycles. The van der Waals surface area contributed by atoms with Crippen molar-refractivity contribution in [2.45, 2.75) is 0 Å². The number of amides is 1. The first-order valence-electron chi connectivity index (χ1n) is 9.10. The highest BCUT2D eigenvalue weighted by Crippen LogP contribution is 2.25. The fourth-order valence-corrected chi connectivity index (χ4v) is 3.83. The number of piperazine rings is 1. The maximum Gasteiger partial charge on any atom is 0.243 e. The number of rotatable bonds is 6. The van der Waals surface area contributed by atoms with Crippen LogP contribution in [0, 0.1) is 0 Å². The molecule has 8 heteroatoms. The zero-order valence-corrected chi connectivity index (χ0v) is 16.9.